The fourth-order valence-corrected chi connectivity index (χ4v) is 9.01. The van der Waals surface area contributed by atoms with Crippen molar-refractivity contribution in [1.82, 2.24) is 0 Å². The van der Waals surface area contributed by atoms with E-state index in [1.807, 2.05) is 41.5 Å². The monoisotopic (exact) mass is 1510 g/mol. The van der Waals surface area contributed by atoms with E-state index in [0.717, 1.165) is 88.9 Å². The maximum Gasteiger partial charge on any atom is 0.422 e. The lowest BCUT2D eigenvalue weighted by Crippen LogP contribution is -2.22. The van der Waals surface area contributed by atoms with Gasteiger partial charge in [-0.3, -0.25) is 0 Å². The maximum absolute atomic E-state index is 13.6. The fourth-order valence-electron chi connectivity index (χ4n) is 9.01. The summed E-state index contributed by atoms with van der Waals surface area (Å²) in [7, 11) is 0. The molecule has 588 valence electrons. The Morgan fingerprint density at radius 1 is 0.262 bits per heavy atom. The molecule has 0 bridgehead atoms. The Labute approximate surface area is 594 Å². The summed E-state index contributed by atoms with van der Waals surface area (Å²) in [6, 6.07) is 11.6. The van der Waals surface area contributed by atoms with Crippen molar-refractivity contribution in [1.29, 1.82) is 0 Å². The highest BCUT2D eigenvalue weighted by Gasteiger charge is 2.43. The minimum atomic E-state index is -5.19. The van der Waals surface area contributed by atoms with Crippen LogP contribution in [-0.4, -0.2) is 59.6 Å². The topological polar surface area (TPSA) is 36.9 Å². The highest BCUT2D eigenvalue weighted by atomic mass is 19.4. The van der Waals surface area contributed by atoms with E-state index in [-0.39, 0.29) is 28.0 Å². The number of hydrogen-bond donors (Lipinski definition) is 0. The van der Waals surface area contributed by atoms with Crippen molar-refractivity contribution in [3.05, 3.63) is 174 Å². The molecule has 4 aliphatic rings. The Morgan fingerprint density at radius 3 is 0.728 bits per heavy atom. The molecule has 0 unspecified atom stereocenters. The number of halogens is 22. The van der Waals surface area contributed by atoms with Gasteiger partial charge in [0.15, 0.2) is 0 Å². The minimum absolute atomic E-state index is 0.0620. The van der Waals surface area contributed by atoms with E-state index in [9.17, 15) is 96.6 Å². The van der Waals surface area contributed by atoms with Crippen LogP contribution in [0, 0.1) is 54.6 Å². The van der Waals surface area contributed by atoms with Gasteiger partial charge in [0.05, 0.1) is 11.1 Å². The van der Waals surface area contributed by atoms with Gasteiger partial charge in [-0.05, 0) is 157 Å². The second-order valence-corrected chi connectivity index (χ2v) is 30.4. The van der Waals surface area contributed by atoms with Gasteiger partial charge in [-0.25, -0.2) is 30.7 Å². The zero-order valence-corrected chi connectivity index (χ0v) is 62.7. The highest BCUT2D eigenvalue weighted by molar-refractivity contribution is 6.54. The Hall–Kier alpha value is -5.54. The summed E-state index contributed by atoms with van der Waals surface area (Å²) in [5.41, 5.74) is -7.95. The summed E-state index contributed by atoms with van der Waals surface area (Å²) < 4.78 is 299. The van der Waals surface area contributed by atoms with E-state index in [2.05, 4.69) is 20.5 Å². The first kappa shape index (κ1) is 97.5. The van der Waals surface area contributed by atoms with Gasteiger partial charge in [-0.15, -0.1) is 0 Å². The van der Waals surface area contributed by atoms with E-state index in [4.69, 9.17) is 18.9 Å². The van der Waals surface area contributed by atoms with Crippen molar-refractivity contribution in [2.75, 3.05) is 52.9 Å². The molecule has 0 N–H and O–H groups in total. The minimum Gasteiger partial charge on any atom is -0.381 e. The van der Waals surface area contributed by atoms with Crippen LogP contribution >= 0.6 is 0 Å². The molecule has 0 atom stereocenters. The average Bonchev–Trinajstić information content (AvgIpc) is 1.05. The van der Waals surface area contributed by atoms with E-state index >= 15 is 0 Å². The summed E-state index contributed by atoms with van der Waals surface area (Å²) >= 11 is 0. The molecule has 0 amide bonds. The van der Waals surface area contributed by atoms with Crippen LogP contribution in [0.4, 0.5) is 96.6 Å². The molecule has 4 nitrogen and oxygen atoms in total. The second kappa shape index (κ2) is 41.5. The summed E-state index contributed by atoms with van der Waals surface area (Å²) in [6.07, 6.45) is -13.5. The first-order valence-corrected chi connectivity index (χ1v) is 33.6. The zero-order valence-electron chi connectivity index (χ0n) is 62.7. The molecule has 5 aromatic rings. The molecule has 5 aromatic carbocycles. The second-order valence-electron chi connectivity index (χ2n) is 30.4. The average molecular weight is 1510 g/mol. The molecule has 4 aliphatic heterocycles. The standard InChI is InChI=1S/2C12H15F3.C11H10F6.2C11H11F5.4C4H8O.C3H9B/c2*1-8-5-9(11(2,3)4)7-10(6-8)12(13,14)15;1-10(2,3)7-5(12)4-6(13)8(9(7)14)11(15,16)17;1-10(2,3)6-4-7(12)9(8(13)5-6)11(14,15)16;1-10(2,3)6-4-5-7(12)8(9(6)13)11(14,15)16;4*1-2-4-5-3-1;1-4(2)3/h2*5-7H,1-4H3;4H,1-3H3;2*4-5H,1-3H3;4*1-4H2;1-3H3. The number of benzene rings is 5. The third kappa shape index (κ3) is 37.5. The molecule has 9 rings (SSSR count). The van der Waals surface area contributed by atoms with Crippen molar-refractivity contribution >= 4 is 6.71 Å². The van der Waals surface area contributed by atoms with Gasteiger partial charge in [0.25, 0.3) is 0 Å². The number of ether oxygens (including phenoxy) is 4. The van der Waals surface area contributed by atoms with E-state index in [1.54, 1.807) is 67.5 Å². The smallest absolute Gasteiger partial charge is 0.381 e. The molecule has 0 aromatic heterocycles. The Bertz CT molecular complexity index is 3030. The van der Waals surface area contributed by atoms with Gasteiger partial charge in [0.1, 0.15) is 64.1 Å². The van der Waals surface area contributed by atoms with Gasteiger partial charge in [-0.1, -0.05) is 154 Å². The fraction of sp³-hybridized carbons (Fsp3) is 0.605. The van der Waals surface area contributed by atoms with Gasteiger partial charge >= 0.3 is 30.9 Å². The van der Waals surface area contributed by atoms with Crippen molar-refractivity contribution in [3.63, 3.8) is 0 Å². The SMILES string of the molecule is C1CCOC1.C1CCOC1.C1CCOC1.C1CCOC1.CB(C)C.CC(C)(C)c1c(F)cc(F)c(C(F)(F)F)c1F.CC(C)(C)c1cc(F)c(C(F)(F)F)c(F)c1.CC(C)(C)c1ccc(F)c(C(F)(F)F)c1F.Cc1cc(C(C)(C)C)cc(C(F)(F)F)c1.Cc1cc(C(C)(C)C)cc(C(F)(F)F)c1. The number of aryl methyl sites for hydroxylation is 2. The first-order valence-electron chi connectivity index (χ1n) is 33.6. The lowest BCUT2D eigenvalue weighted by atomic mass is 9.58. The Kier molecular flexibility index (Phi) is 39.3. The van der Waals surface area contributed by atoms with Gasteiger partial charge in [0.2, 0.25) is 0 Å². The van der Waals surface area contributed by atoms with Crippen LogP contribution in [0.2, 0.25) is 20.5 Å². The van der Waals surface area contributed by atoms with Crippen LogP contribution < -0.4 is 0 Å². The van der Waals surface area contributed by atoms with Gasteiger partial charge in [0, 0.05) is 64.5 Å². The largest absolute Gasteiger partial charge is 0.422 e. The summed E-state index contributed by atoms with van der Waals surface area (Å²) in [6.45, 7) is 43.8. The first-order chi connectivity index (χ1) is 46.5. The van der Waals surface area contributed by atoms with Crippen LogP contribution in [0.15, 0.2) is 66.7 Å². The van der Waals surface area contributed by atoms with E-state index < -0.39 is 121 Å². The molecular weight excluding hydrogens is 1410 g/mol. The molecule has 0 saturated carbocycles. The van der Waals surface area contributed by atoms with E-state index in [0.29, 0.717) is 17.2 Å². The zero-order chi connectivity index (χ0) is 80.5. The predicted molar refractivity (Wildman–Crippen MR) is 363 cm³/mol. The number of rotatable bonds is 0. The predicted octanol–water partition coefficient (Wildman–Crippen LogP) is 26.2. The van der Waals surface area contributed by atoms with Crippen molar-refractivity contribution in [2.45, 2.75) is 247 Å². The van der Waals surface area contributed by atoms with E-state index in [1.165, 1.54) is 96.4 Å². The summed E-state index contributed by atoms with van der Waals surface area (Å²) in [5, 5.41) is 0. The Morgan fingerprint density at radius 2 is 0.505 bits per heavy atom. The van der Waals surface area contributed by atoms with Crippen LogP contribution in [0.5, 0.6) is 0 Å². The quantitative estimate of drug-likeness (QED) is 0.114. The van der Waals surface area contributed by atoms with Crippen LogP contribution in [0.1, 0.15) is 222 Å². The highest BCUT2D eigenvalue weighted by Crippen LogP contribution is 2.42. The third-order valence-electron chi connectivity index (χ3n) is 14.4. The maximum atomic E-state index is 13.6. The van der Waals surface area contributed by atoms with Crippen molar-refractivity contribution in [2.24, 2.45) is 0 Å². The van der Waals surface area contributed by atoms with Crippen LogP contribution in [-0.2, 0) is 76.9 Å². The lowest BCUT2D eigenvalue weighted by molar-refractivity contribution is -0.143. The van der Waals surface area contributed by atoms with Gasteiger partial charge in [-0.2, -0.15) is 65.9 Å². The van der Waals surface area contributed by atoms with Crippen molar-refractivity contribution in [3.8, 4) is 0 Å². The molecular formula is C76H103BF22O4. The molecule has 27 heteroatoms. The number of alkyl halides is 15. The summed E-state index contributed by atoms with van der Waals surface area (Å²) in [4.78, 5) is 0. The van der Waals surface area contributed by atoms with Crippen LogP contribution in [0.25, 0.3) is 0 Å². The molecule has 0 spiro atoms. The van der Waals surface area contributed by atoms with Crippen LogP contribution in [0.3, 0.4) is 0 Å². The molecule has 0 aliphatic carbocycles. The molecule has 103 heavy (non-hydrogen) atoms. The normalized spacial score (nSPS) is 14.9. The molecule has 4 fully saturated rings. The lowest BCUT2D eigenvalue weighted by Gasteiger charge is -2.23. The Balaban J connectivity index is 0.00000116. The third-order valence-corrected chi connectivity index (χ3v) is 14.4. The van der Waals surface area contributed by atoms with Crippen molar-refractivity contribution < 1.29 is 116 Å². The molecule has 0 radical (unpaired) electrons. The van der Waals surface area contributed by atoms with Gasteiger partial charge < -0.3 is 18.9 Å². The summed E-state index contributed by atoms with van der Waals surface area (Å²) in [5.74, 6) is -11.4. The molecule has 4 heterocycles. The molecule has 4 saturated heterocycles. The number of hydrogen-bond acceptors (Lipinski definition) is 4.